The van der Waals surface area contributed by atoms with Crippen molar-refractivity contribution in [3.63, 3.8) is 0 Å². The Kier molecular flexibility index (Phi) is 1.69. The highest BCUT2D eigenvalue weighted by atomic mass is 16.2. The Balaban J connectivity index is 2.28. The van der Waals surface area contributed by atoms with E-state index in [4.69, 9.17) is 0 Å². The third-order valence-corrected chi connectivity index (χ3v) is 3.28. The van der Waals surface area contributed by atoms with Crippen LogP contribution in [-0.2, 0) is 11.2 Å². The van der Waals surface area contributed by atoms with Crippen molar-refractivity contribution >= 4 is 11.8 Å². The van der Waals surface area contributed by atoms with Crippen LogP contribution in [0.25, 0.3) is 0 Å². The van der Waals surface area contributed by atoms with E-state index in [1.165, 1.54) is 5.56 Å². The van der Waals surface area contributed by atoms with Gasteiger partial charge in [0.1, 0.15) is 0 Å². The van der Waals surface area contributed by atoms with Crippen molar-refractivity contribution in [2.45, 2.75) is 25.2 Å². The molecule has 0 saturated heterocycles. The molecule has 2 aliphatic rings. The van der Waals surface area contributed by atoms with Gasteiger partial charge in [-0.15, -0.1) is 0 Å². The monoisotopic (exact) mass is 201 g/mol. The summed E-state index contributed by atoms with van der Waals surface area (Å²) >= 11 is 0. The molecule has 0 spiro atoms. The van der Waals surface area contributed by atoms with Gasteiger partial charge in [-0.25, -0.2) is 0 Å². The Labute approximate surface area is 87.5 Å². The van der Waals surface area contributed by atoms with Crippen LogP contribution in [-0.4, -0.2) is 11.8 Å². The van der Waals surface area contributed by atoms with E-state index in [0.29, 0.717) is 5.56 Å². The average Bonchev–Trinajstić information content (AvgIpc) is 2.25. The van der Waals surface area contributed by atoms with Gasteiger partial charge in [-0.2, -0.15) is 0 Å². The van der Waals surface area contributed by atoms with Gasteiger partial charge in [0, 0.05) is 5.56 Å². The van der Waals surface area contributed by atoms with E-state index in [9.17, 15) is 9.59 Å². The fraction of sp³-hybridized carbons (Fsp3) is 0.333. The summed E-state index contributed by atoms with van der Waals surface area (Å²) in [5.41, 5.74) is 2.85. The lowest BCUT2D eigenvalue weighted by atomic mass is 9.77. The topological polar surface area (TPSA) is 46.2 Å². The number of aryl methyl sites for hydroxylation is 1. The molecule has 1 heterocycles. The predicted molar refractivity (Wildman–Crippen MR) is 54.6 cm³/mol. The first-order valence-electron chi connectivity index (χ1n) is 5.24. The predicted octanol–water partition coefficient (Wildman–Crippen LogP) is 1.38. The molecule has 1 unspecified atom stereocenters. The highest BCUT2D eigenvalue weighted by Gasteiger charge is 2.35. The molecule has 2 amide bonds. The number of rotatable bonds is 0. The minimum atomic E-state index is -0.241. The highest BCUT2D eigenvalue weighted by Crippen LogP contribution is 2.36. The Morgan fingerprint density at radius 3 is 3.00 bits per heavy atom. The van der Waals surface area contributed by atoms with Crippen molar-refractivity contribution in [3.8, 4) is 0 Å². The molecule has 1 atom stereocenters. The third kappa shape index (κ3) is 1.12. The summed E-state index contributed by atoms with van der Waals surface area (Å²) in [5, 5.41) is 2.42. The van der Waals surface area contributed by atoms with Gasteiger partial charge in [0.15, 0.2) is 0 Å². The molecule has 0 bridgehead atoms. The maximum atomic E-state index is 11.7. The number of hydrogen-bond acceptors (Lipinski definition) is 2. The zero-order valence-electron chi connectivity index (χ0n) is 8.25. The molecule has 0 radical (unpaired) electrons. The molecular weight excluding hydrogens is 190 g/mol. The van der Waals surface area contributed by atoms with Gasteiger partial charge < -0.3 is 0 Å². The SMILES string of the molecule is O=C1NC(=O)C2CCCc3cccc1c32. The van der Waals surface area contributed by atoms with Crippen LogP contribution in [0.4, 0.5) is 0 Å². The molecule has 0 saturated carbocycles. The first kappa shape index (κ1) is 8.65. The first-order valence-corrected chi connectivity index (χ1v) is 5.24. The molecule has 1 aromatic carbocycles. The highest BCUT2D eigenvalue weighted by molar-refractivity contribution is 6.11. The van der Waals surface area contributed by atoms with Crippen LogP contribution in [0, 0.1) is 0 Å². The average molecular weight is 201 g/mol. The number of carbonyl (C=O) groups excluding carboxylic acids is 2. The molecule has 1 N–H and O–H groups in total. The van der Waals surface area contributed by atoms with Crippen molar-refractivity contribution in [2.24, 2.45) is 0 Å². The van der Waals surface area contributed by atoms with Crippen LogP contribution in [0.1, 0.15) is 40.2 Å². The Morgan fingerprint density at radius 1 is 1.27 bits per heavy atom. The Hall–Kier alpha value is -1.64. The van der Waals surface area contributed by atoms with Crippen LogP contribution < -0.4 is 5.32 Å². The zero-order valence-corrected chi connectivity index (χ0v) is 8.25. The number of imide groups is 1. The van der Waals surface area contributed by atoms with Crippen LogP contribution >= 0.6 is 0 Å². The Bertz CT molecular complexity index is 465. The van der Waals surface area contributed by atoms with Crippen LogP contribution in [0.3, 0.4) is 0 Å². The summed E-state index contributed by atoms with van der Waals surface area (Å²) in [6.07, 6.45) is 2.88. The van der Waals surface area contributed by atoms with E-state index in [1.54, 1.807) is 6.07 Å². The number of hydrogen-bond donors (Lipinski definition) is 1. The van der Waals surface area contributed by atoms with Crippen molar-refractivity contribution in [1.29, 1.82) is 0 Å². The van der Waals surface area contributed by atoms with Gasteiger partial charge in [-0.3, -0.25) is 14.9 Å². The van der Waals surface area contributed by atoms with Crippen LogP contribution in [0.5, 0.6) is 0 Å². The summed E-state index contributed by atoms with van der Waals surface area (Å²) < 4.78 is 0. The van der Waals surface area contributed by atoms with E-state index in [2.05, 4.69) is 5.32 Å². The second-order valence-electron chi connectivity index (χ2n) is 4.14. The van der Waals surface area contributed by atoms with Crippen molar-refractivity contribution in [2.75, 3.05) is 0 Å². The van der Waals surface area contributed by atoms with Gasteiger partial charge in [0.25, 0.3) is 5.91 Å². The van der Waals surface area contributed by atoms with Crippen LogP contribution in [0.2, 0.25) is 0 Å². The molecule has 3 heteroatoms. The van der Waals surface area contributed by atoms with E-state index in [0.717, 1.165) is 24.8 Å². The number of carbonyl (C=O) groups is 2. The molecule has 0 aromatic heterocycles. The molecule has 15 heavy (non-hydrogen) atoms. The number of benzene rings is 1. The molecule has 3 rings (SSSR count). The van der Waals surface area contributed by atoms with Gasteiger partial charge in [-0.05, 0) is 36.5 Å². The normalized spacial score (nSPS) is 23.3. The van der Waals surface area contributed by atoms with Crippen molar-refractivity contribution in [1.82, 2.24) is 5.32 Å². The van der Waals surface area contributed by atoms with Gasteiger partial charge in [0.05, 0.1) is 5.92 Å². The summed E-state index contributed by atoms with van der Waals surface area (Å²) in [6.45, 7) is 0. The molecule has 76 valence electrons. The zero-order chi connectivity index (χ0) is 10.4. The quantitative estimate of drug-likeness (QED) is 0.644. The summed E-state index contributed by atoms with van der Waals surface area (Å²) in [4.78, 5) is 23.3. The van der Waals surface area contributed by atoms with Crippen LogP contribution in [0.15, 0.2) is 18.2 Å². The van der Waals surface area contributed by atoms with E-state index >= 15 is 0 Å². The Morgan fingerprint density at radius 2 is 2.13 bits per heavy atom. The summed E-state index contributed by atoms with van der Waals surface area (Å²) in [5.74, 6) is -0.461. The second kappa shape index (κ2) is 2.92. The first-order chi connectivity index (χ1) is 7.27. The standard InChI is InChI=1S/C12H11NO2/c14-11-8-5-1-3-7-4-2-6-9(10(7)8)12(15)13-11/h1,3,5,9H,2,4,6H2,(H,13,14,15). The maximum absolute atomic E-state index is 11.7. The van der Waals surface area contributed by atoms with Gasteiger partial charge >= 0.3 is 0 Å². The van der Waals surface area contributed by atoms with Crippen molar-refractivity contribution in [3.05, 3.63) is 34.9 Å². The minimum Gasteiger partial charge on any atom is -0.292 e. The lowest BCUT2D eigenvalue weighted by Crippen LogP contribution is -2.42. The van der Waals surface area contributed by atoms with Gasteiger partial charge in [-0.1, -0.05) is 12.1 Å². The fourth-order valence-corrected chi connectivity index (χ4v) is 2.61. The lowest BCUT2D eigenvalue weighted by Gasteiger charge is -2.30. The smallest absolute Gasteiger partial charge is 0.258 e. The summed E-state index contributed by atoms with van der Waals surface area (Å²) in [7, 11) is 0. The number of amides is 2. The van der Waals surface area contributed by atoms with E-state index in [1.807, 2.05) is 12.1 Å². The molecule has 3 nitrogen and oxygen atoms in total. The van der Waals surface area contributed by atoms with Gasteiger partial charge in [0.2, 0.25) is 5.91 Å². The fourth-order valence-electron chi connectivity index (χ4n) is 2.61. The largest absolute Gasteiger partial charge is 0.292 e. The molecule has 1 aromatic rings. The molecule has 1 aliphatic heterocycles. The molecular formula is C12H11NO2. The van der Waals surface area contributed by atoms with E-state index < -0.39 is 0 Å². The minimum absolute atomic E-state index is 0.0948. The maximum Gasteiger partial charge on any atom is 0.258 e. The van der Waals surface area contributed by atoms with E-state index in [-0.39, 0.29) is 17.7 Å². The summed E-state index contributed by atoms with van der Waals surface area (Å²) in [6, 6.07) is 5.72. The number of nitrogens with one attached hydrogen (secondary N) is 1. The third-order valence-electron chi connectivity index (χ3n) is 3.28. The lowest BCUT2D eigenvalue weighted by molar-refractivity contribution is -0.122. The molecule has 0 fully saturated rings. The molecule has 1 aliphatic carbocycles. The van der Waals surface area contributed by atoms with Crippen molar-refractivity contribution < 1.29 is 9.59 Å². The second-order valence-corrected chi connectivity index (χ2v) is 4.14.